The largest absolute Gasteiger partial charge is 0.377 e. The van der Waals surface area contributed by atoms with Crippen molar-refractivity contribution in [1.29, 1.82) is 0 Å². The topological polar surface area (TPSA) is 33.3 Å². The lowest BCUT2D eigenvalue weighted by atomic mass is 10.0. The molecule has 1 atom stereocenters. The van der Waals surface area contributed by atoms with Gasteiger partial charge >= 0.3 is 0 Å². The van der Waals surface area contributed by atoms with Gasteiger partial charge in [0.15, 0.2) is 0 Å². The summed E-state index contributed by atoms with van der Waals surface area (Å²) < 4.78 is 5.45. The highest BCUT2D eigenvalue weighted by Gasteiger charge is 2.19. The minimum atomic E-state index is -0.0261. The molecule has 2 N–H and O–H groups in total. The van der Waals surface area contributed by atoms with Crippen LogP contribution in [0, 0.1) is 0 Å². The summed E-state index contributed by atoms with van der Waals surface area (Å²) >= 11 is 0. The summed E-state index contributed by atoms with van der Waals surface area (Å²) in [5, 5.41) is 6.85. The molecule has 0 aliphatic rings. The second-order valence-electron chi connectivity index (χ2n) is 5.36. The van der Waals surface area contributed by atoms with Crippen LogP contribution in [0.25, 0.3) is 0 Å². The van der Waals surface area contributed by atoms with Crippen LogP contribution in [0.3, 0.4) is 0 Å². The van der Waals surface area contributed by atoms with Crippen LogP contribution < -0.4 is 10.6 Å². The lowest BCUT2D eigenvalue weighted by molar-refractivity contribution is 0.00390. The second-order valence-corrected chi connectivity index (χ2v) is 5.36. The van der Waals surface area contributed by atoms with Crippen LogP contribution in [0.4, 0.5) is 0 Å². The second kappa shape index (κ2) is 6.46. The van der Waals surface area contributed by atoms with Crippen LogP contribution in [0.15, 0.2) is 0 Å². The molecule has 0 saturated carbocycles. The van der Waals surface area contributed by atoms with E-state index in [4.69, 9.17) is 4.74 Å². The van der Waals surface area contributed by atoms with E-state index in [0.717, 1.165) is 26.1 Å². The normalized spacial score (nSPS) is 16.4. The molecular formula is C12H28N2O. The average Bonchev–Trinajstić information content (AvgIpc) is 2.15. The fraction of sp³-hybridized carbons (Fsp3) is 1.00. The molecule has 0 aliphatic carbocycles. The van der Waals surface area contributed by atoms with Gasteiger partial charge in [-0.05, 0) is 34.1 Å². The fourth-order valence-corrected chi connectivity index (χ4v) is 1.22. The van der Waals surface area contributed by atoms with Crippen molar-refractivity contribution < 1.29 is 4.74 Å². The summed E-state index contributed by atoms with van der Waals surface area (Å²) in [7, 11) is 1.78. The van der Waals surface area contributed by atoms with E-state index in [9.17, 15) is 0 Å². The van der Waals surface area contributed by atoms with Crippen molar-refractivity contribution in [3.8, 4) is 0 Å². The van der Waals surface area contributed by atoms with Crippen LogP contribution in [-0.4, -0.2) is 37.9 Å². The molecule has 0 aliphatic heterocycles. The van der Waals surface area contributed by atoms with E-state index in [1.807, 2.05) is 0 Å². The highest BCUT2D eigenvalue weighted by Crippen LogP contribution is 2.11. The Morgan fingerprint density at radius 2 is 1.67 bits per heavy atom. The molecule has 0 aromatic carbocycles. The predicted octanol–water partition coefficient (Wildman–Crippen LogP) is 1.78. The molecule has 0 aromatic heterocycles. The molecule has 0 spiro atoms. The summed E-state index contributed by atoms with van der Waals surface area (Å²) in [6.45, 7) is 13.7. The van der Waals surface area contributed by atoms with Gasteiger partial charge in [-0.15, -0.1) is 0 Å². The number of methoxy groups -OCH3 is 1. The van der Waals surface area contributed by atoms with Crippen LogP contribution in [0.1, 0.15) is 41.0 Å². The number of nitrogens with one attached hydrogen (secondary N) is 2. The van der Waals surface area contributed by atoms with Crippen molar-refractivity contribution in [2.45, 2.75) is 52.2 Å². The third-order valence-corrected chi connectivity index (χ3v) is 2.70. The molecular weight excluding hydrogens is 188 g/mol. The molecule has 3 nitrogen and oxygen atoms in total. The van der Waals surface area contributed by atoms with Gasteiger partial charge in [-0.2, -0.15) is 0 Å². The van der Waals surface area contributed by atoms with Crippen molar-refractivity contribution in [1.82, 2.24) is 10.6 Å². The summed E-state index contributed by atoms with van der Waals surface area (Å²) in [4.78, 5) is 0. The zero-order chi connectivity index (χ0) is 11.9. The zero-order valence-corrected chi connectivity index (χ0v) is 11.2. The van der Waals surface area contributed by atoms with Crippen molar-refractivity contribution in [3.05, 3.63) is 0 Å². The average molecular weight is 216 g/mol. The third-order valence-electron chi connectivity index (χ3n) is 2.70. The first-order valence-corrected chi connectivity index (χ1v) is 5.84. The van der Waals surface area contributed by atoms with Gasteiger partial charge in [-0.3, -0.25) is 0 Å². The number of rotatable bonds is 7. The molecule has 0 amide bonds. The van der Waals surface area contributed by atoms with Gasteiger partial charge in [-0.1, -0.05) is 6.92 Å². The lowest BCUT2D eigenvalue weighted by Gasteiger charge is -2.27. The Morgan fingerprint density at radius 3 is 2.07 bits per heavy atom. The quantitative estimate of drug-likeness (QED) is 0.636. The number of ether oxygens (including phenoxy) is 1. The van der Waals surface area contributed by atoms with E-state index in [0.29, 0.717) is 0 Å². The Kier molecular flexibility index (Phi) is 6.41. The number of hydrogen-bond acceptors (Lipinski definition) is 3. The lowest BCUT2D eigenvalue weighted by Crippen LogP contribution is -2.44. The molecule has 0 saturated heterocycles. The maximum Gasteiger partial charge on any atom is 0.0771 e. The van der Waals surface area contributed by atoms with Crippen LogP contribution in [0.5, 0.6) is 0 Å². The first-order chi connectivity index (χ1) is 6.83. The van der Waals surface area contributed by atoms with E-state index in [1.165, 1.54) is 0 Å². The molecule has 0 radical (unpaired) electrons. The van der Waals surface area contributed by atoms with Gasteiger partial charge in [0.1, 0.15) is 0 Å². The molecule has 1 unspecified atom stereocenters. The van der Waals surface area contributed by atoms with Gasteiger partial charge in [0.25, 0.3) is 0 Å². The molecule has 0 heterocycles. The molecule has 0 aromatic rings. The Morgan fingerprint density at radius 1 is 1.07 bits per heavy atom. The van der Waals surface area contributed by atoms with E-state index >= 15 is 0 Å². The maximum absolute atomic E-state index is 5.45. The van der Waals surface area contributed by atoms with E-state index < -0.39 is 0 Å². The van der Waals surface area contributed by atoms with Crippen molar-refractivity contribution in [3.63, 3.8) is 0 Å². The standard InChI is InChI=1S/C12H28N2O/c1-7-12(5,15-6)10-13-8-9-14-11(2,3)4/h13-14H,7-10H2,1-6H3. The molecule has 0 fully saturated rings. The summed E-state index contributed by atoms with van der Waals surface area (Å²) in [6.07, 6.45) is 1.03. The Hall–Kier alpha value is -0.120. The summed E-state index contributed by atoms with van der Waals surface area (Å²) in [5.41, 5.74) is 0.179. The highest BCUT2D eigenvalue weighted by atomic mass is 16.5. The monoisotopic (exact) mass is 216 g/mol. The SMILES string of the molecule is CCC(C)(CNCCNC(C)(C)C)OC. The van der Waals surface area contributed by atoms with Crippen molar-refractivity contribution in [2.24, 2.45) is 0 Å². The predicted molar refractivity (Wildman–Crippen MR) is 66.3 cm³/mol. The third kappa shape index (κ3) is 7.77. The Labute approximate surface area is 95.0 Å². The summed E-state index contributed by atoms with van der Waals surface area (Å²) in [6, 6.07) is 0. The van der Waals surface area contributed by atoms with Crippen LogP contribution in [-0.2, 0) is 4.74 Å². The Bertz CT molecular complexity index is 159. The molecule has 0 bridgehead atoms. The van der Waals surface area contributed by atoms with E-state index in [1.54, 1.807) is 7.11 Å². The highest BCUT2D eigenvalue weighted by molar-refractivity contribution is 4.76. The maximum atomic E-state index is 5.45. The number of hydrogen-bond donors (Lipinski definition) is 2. The Balaban J connectivity index is 3.54. The first kappa shape index (κ1) is 14.9. The van der Waals surface area contributed by atoms with Crippen LogP contribution in [0.2, 0.25) is 0 Å². The minimum Gasteiger partial charge on any atom is -0.377 e. The molecule has 92 valence electrons. The van der Waals surface area contributed by atoms with Crippen molar-refractivity contribution in [2.75, 3.05) is 26.7 Å². The van der Waals surface area contributed by atoms with E-state index in [2.05, 4.69) is 45.3 Å². The smallest absolute Gasteiger partial charge is 0.0771 e. The van der Waals surface area contributed by atoms with Gasteiger partial charge in [0.2, 0.25) is 0 Å². The van der Waals surface area contributed by atoms with Gasteiger partial charge < -0.3 is 15.4 Å². The first-order valence-electron chi connectivity index (χ1n) is 5.84. The summed E-state index contributed by atoms with van der Waals surface area (Å²) in [5.74, 6) is 0. The molecule has 3 heteroatoms. The zero-order valence-electron chi connectivity index (χ0n) is 11.2. The van der Waals surface area contributed by atoms with Gasteiger partial charge in [0, 0.05) is 32.3 Å². The van der Waals surface area contributed by atoms with Crippen molar-refractivity contribution >= 4 is 0 Å². The van der Waals surface area contributed by atoms with Crippen LogP contribution >= 0.6 is 0 Å². The minimum absolute atomic E-state index is 0.0261. The van der Waals surface area contributed by atoms with E-state index in [-0.39, 0.29) is 11.1 Å². The molecule has 0 rings (SSSR count). The molecule has 15 heavy (non-hydrogen) atoms. The van der Waals surface area contributed by atoms with Gasteiger partial charge in [-0.25, -0.2) is 0 Å². The fourth-order valence-electron chi connectivity index (χ4n) is 1.22. The van der Waals surface area contributed by atoms with Gasteiger partial charge in [0.05, 0.1) is 5.60 Å².